The molecule has 0 fully saturated rings. The second-order valence-electron chi connectivity index (χ2n) is 6.14. The Labute approximate surface area is 161 Å². The highest BCUT2D eigenvalue weighted by Gasteiger charge is 2.21. The van der Waals surface area contributed by atoms with Gasteiger partial charge in [0, 0.05) is 26.1 Å². The highest BCUT2D eigenvalue weighted by Crippen LogP contribution is 2.40. The zero-order chi connectivity index (χ0) is 18.8. The lowest BCUT2D eigenvalue weighted by Crippen LogP contribution is -2.01. The molecule has 0 unspecified atom stereocenters. The summed E-state index contributed by atoms with van der Waals surface area (Å²) in [5.74, 6) is 0.915. The molecule has 4 aromatic rings. The fourth-order valence-corrected chi connectivity index (χ4v) is 4.31. The van der Waals surface area contributed by atoms with E-state index in [1.807, 2.05) is 55.5 Å². The Balaban J connectivity index is 1.86. The minimum absolute atomic E-state index is 0.0451. The quantitative estimate of drug-likeness (QED) is 0.442. The van der Waals surface area contributed by atoms with Crippen LogP contribution in [0.2, 0.25) is 0 Å². The van der Waals surface area contributed by atoms with Gasteiger partial charge in [0.2, 0.25) is 0 Å². The minimum atomic E-state index is -0.0451. The van der Waals surface area contributed by atoms with Crippen LogP contribution in [-0.2, 0) is 0 Å². The van der Waals surface area contributed by atoms with Crippen LogP contribution in [0.3, 0.4) is 0 Å². The van der Waals surface area contributed by atoms with Crippen molar-refractivity contribution in [1.82, 2.24) is 0 Å². The number of carbonyl (C=O) groups is 1. The lowest BCUT2D eigenvalue weighted by Gasteiger charge is -2.07. The van der Waals surface area contributed by atoms with Crippen LogP contribution >= 0.6 is 11.3 Å². The predicted octanol–water partition coefficient (Wildman–Crippen LogP) is 5.90. The van der Waals surface area contributed by atoms with E-state index in [1.54, 1.807) is 35.6 Å². The standard InChI is InChI=1S/C23H18O3S/c1-2-26-18-13-9-16(10-14-18)23-21(19-5-3-4-6-20(19)27-23)22(25)15-7-11-17(24)12-8-15/h3-14,24H,2H2,1H3. The van der Waals surface area contributed by atoms with E-state index in [9.17, 15) is 9.90 Å². The summed E-state index contributed by atoms with van der Waals surface area (Å²) < 4.78 is 6.60. The van der Waals surface area contributed by atoms with Gasteiger partial charge in [0.15, 0.2) is 5.78 Å². The zero-order valence-corrected chi connectivity index (χ0v) is 15.6. The Morgan fingerprint density at radius 3 is 2.37 bits per heavy atom. The van der Waals surface area contributed by atoms with E-state index in [0.29, 0.717) is 17.7 Å². The molecule has 0 aliphatic heterocycles. The first kappa shape index (κ1) is 17.3. The monoisotopic (exact) mass is 374 g/mol. The van der Waals surface area contributed by atoms with Crippen LogP contribution in [0, 0.1) is 0 Å². The van der Waals surface area contributed by atoms with Gasteiger partial charge in [-0.1, -0.05) is 18.2 Å². The molecule has 4 heteroatoms. The van der Waals surface area contributed by atoms with Gasteiger partial charge in [-0.25, -0.2) is 0 Å². The van der Waals surface area contributed by atoms with Crippen molar-refractivity contribution < 1.29 is 14.6 Å². The fraction of sp³-hybridized carbons (Fsp3) is 0.0870. The zero-order valence-electron chi connectivity index (χ0n) is 14.8. The van der Waals surface area contributed by atoms with Crippen LogP contribution in [-0.4, -0.2) is 17.5 Å². The Morgan fingerprint density at radius 1 is 0.963 bits per heavy atom. The number of carbonyl (C=O) groups excluding carboxylic acids is 1. The second-order valence-corrected chi connectivity index (χ2v) is 7.19. The molecule has 0 bridgehead atoms. The van der Waals surface area contributed by atoms with Crippen molar-refractivity contribution in [3.63, 3.8) is 0 Å². The van der Waals surface area contributed by atoms with Crippen molar-refractivity contribution in [3.05, 3.63) is 83.9 Å². The molecule has 0 radical (unpaired) electrons. The number of phenolic OH excluding ortho intramolecular Hbond substituents is 1. The average molecular weight is 374 g/mol. The normalized spacial score (nSPS) is 10.9. The number of rotatable bonds is 5. The Morgan fingerprint density at radius 2 is 1.67 bits per heavy atom. The number of ether oxygens (including phenoxy) is 1. The maximum Gasteiger partial charge on any atom is 0.195 e. The Bertz CT molecular complexity index is 1090. The van der Waals surface area contributed by atoms with E-state index < -0.39 is 0 Å². The molecule has 27 heavy (non-hydrogen) atoms. The maximum atomic E-state index is 13.3. The maximum absolute atomic E-state index is 13.3. The van der Waals surface area contributed by atoms with Crippen LogP contribution in [0.25, 0.3) is 20.5 Å². The summed E-state index contributed by atoms with van der Waals surface area (Å²) in [6.45, 7) is 2.57. The summed E-state index contributed by atoms with van der Waals surface area (Å²) in [4.78, 5) is 14.2. The van der Waals surface area contributed by atoms with Crippen LogP contribution in [0.5, 0.6) is 11.5 Å². The molecule has 0 saturated heterocycles. The number of phenols is 1. The van der Waals surface area contributed by atoms with Gasteiger partial charge in [-0.05, 0) is 67.1 Å². The average Bonchev–Trinajstić information content (AvgIpc) is 3.08. The highest BCUT2D eigenvalue weighted by molar-refractivity contribution is 7.22. The molecule has 0 aliphatic rings. The second kappa shape index (κ2) is 7.25. The molecule has 3 nitrogen and oxygen atoms in total. The van der Waals surface area contributed by atoms with Crippen LogP contribution in [0.15, 0.2) is 72.8 Å². The molecule has 4 rings (SSSR count). The molecule has 3 aromatic carbocycles. The summed E-state index contributed by atoms with van der Waals surface area (Å²) >= 11 is 1.61. The minimum Gasteiger partial charge on any atom is -0.508 e. The molecule has 1 aromatic heterocycles. The van der Waals surface area contributed by atoms with Crippen LogP contribution in [0.1, 0.15) is 22.8 Å². The van der Waals surface area contributed by atoms with Crippen molar-refractivity contribution >= 4 is 27.2 Å². The van der Waals surface area contributed by atoms with Gasteiger partial charge in [-0.15, -0.1) is 11.3 Å². The topological polar surface area (TPSA) is 46.5 Å². The van der Waals surface area contributed by atoms with Gasteiger partial charge in [0.05, 0.1) is 6.61 Å². The number of hydrogen-bond donors (Lipinski definition) is 1. The molecule has 0 atom stereocenters. The Hall–Kier alpha value is -3.11. The van der Waals surface area contributed by atoms with Gasteiger partial charge in [0.1, 0.15) is 11.5 Å². The van der Waals surface area contributed by atoms with Crippen LogP contribution < -0.4 is 4.74 Å². The summed E-state index contributed by atoms with van der Waals surface area (Å²) in [5, 5.41) is 10.5. The summed E-state index contributed by atoms with van der Waals surface area (Å²) in [6.07, 6.45) is 0. The Kier molecular flexibility index (Phi) is 4.65. The molecule has 1 heterocycles. The third kappa shape index (κ3) is 3.32. The smallest absolute Gasteiger partial charge is 0.195 e. The first-order valence-corrected chi connectivity index (χ1v) is 9.57. The van der Waals surface area contributed by atoms with Gasteiger partial charge in [-0.2, -0.15) is 0 Å². The van der Waals surface area contributed by atoms with Crippen molar-refractivity contribution in [2.24, 2.45) is 0 Å². The van der Waals surface area contributed by atoms with Crippen molar-refractivity contribution in [1.29, 1.82) is 0 Å². The van der Waals surface area contributed by atoms with E-state index in [2.05, 4.69) is 0 Å². The van der Waals surface area contributed by atoms with E-state index in [-0.39, 0.29) is 11.5 Å². The van der Waals surface area contributed by atoms with Crippen molar-refractivity contribution in [2.75, 3.05) is 6.61 Å². The summed E-state index contributed by atoms with van der Waals surface area (Å²) in [7, 11) is 0. The van der Waals surface area contributed by atoms with Crippen molar-refractivity contribution in [3.8, 4) is 21.9 Å². The van der Waals surface area contributed by atoms with Gasteiger partial charge in [-0.3, -0.25) is 4.79 Å². The number of hydrogen-bond acceptors (Lipinski definition) is 4. The highest BCUT2D eigenvalue weighted by atomic mass is 32.1. The largest absolute Gasteiger partial charge is 0.508 e. The number of fused-ring (bicyclic) bond motifs is 1. The lowest BCUT2D eigenvalue weighted by molar-refractivity contribution is 0.104. The van der Waals surface area contributed by atoms with E-state index in [1.165, 1.54) is 0 Å². The van der Waals surface area contributed by atoms with Gasteiger partial charge >= 0.3 is 0 Å². The van der Waals surface area contributed by atoms with Crippen molar-refractivity contribution in [2.45, 2.75) is 6.92 Å². The molecule has 0 aliphatic carbocycles. The predicted molar refractivity (Wildman–Crippen MR) is 110 cm³/mol. The molecule has 1 N–H and O–H groups in total. The van der Waals surface area contributed by atoms with Gasteiger partial charge < -0.3 is 9.84 Å². The van der Waals surface area contributed by atoms with E-state index in [0.717, 1.165) is 26.3 Å². The molecule has 0 saturated carbocycles. The van der Waals surface area contributed by atoms with E-state index >= 15 is 0 Å². The molecular weight excluding hydrogens is 356 g/mol. The first-order valence-electron chi connectivity index (χ1n) is 8.76. The fourth-order valence-electron chi connectivity index (χ4n) is 3.10. The lowest BCUT2D eigenvalue weighted by atomic mass is 9.97. The molecule has 134 valence electrons. The molecule has 0 spiro atoms. The third-order valence-corrected chi connectivity index (χ3v) is 5.60. The van der Waals surface area contributed by atoms with Gasteiger partial charge in [0.25, 0.3) is 0 Å². The SMILES string of the molecule is CCOc1ccc(-c2sc3ccccc3c2C(=O)c2ccc(O)cc2)cc1. The number of aromatic hydroxyl groups is 1. The third-order valence-electron chi connectivity index (χ3n) is 4.38. The first-order chi connectivity index (χ1) is 13.2. The van der Waals surface area contributed by atoms with Crippen LogP contribution in [0.4, 0.5) is 0 Å². The molecular formula is C23H18O3S. The number of thiophene rings is 1. The summed E-state index contributed by atoms with van der Waals surface area (Å²) in [5.41, 5.74) is 2.25. The number of ketones is 1. The summed E-state index contributed by atoms with van der Waals surface area (Å²) in [6, 6.07) is 22.2. The van der Waals surface area contributed by atoms with E-state index in [4.69, 9.17) is 4.74 Å². The molecule has 0 amide bonds. The number of benzene rings is 3.